The standard InChI is InChI=1S/C27H20BrClN2O6/c1-36-23-13-15(12-21(28)19(23)14-17-5-3-4-6-22(17)29)11-20-24(32)30-27(35)31(25(20)33)18-9-7-16(8-10-18)26(34)37-2/h3-13H,14H2,1-2H3,(H,30,32,35)/b20-11+. The van der Waals surface area contributed by atoms with Crippen LogP contribution in [-0.4, -0.2) is 38.0 Å². The van der Waals surface area contributed by atoms with Crippen molar-refractivity contribution >= 4 is 63.1 Å². The van der Waals surface area contributed by atoms with Crippen molar-refractivity contribution in [2.24, 2.45) is 0 Å². The zero-order valence-corrected chi connectivity index (χ0v) is 22.1. The summed E-state index contributed by atoms with van der Waals surface area (Å²) in [6.07, 6.45) is 1.87. The molecule has 0 spiro atoms. The lowest BCUT2D eigenvalue weighted by molar-refractivity contribution is -0.122. The van der Waals surface area contributed by atoms with Crippen LogP contribution in [0.5, 0.6) is 5.75 Å². The summed E-state index contributed by atoms with van der Waals surface area (Å²) in [4.78, 5) is 50.9. The first-order chi connectivity index (χ1) is 17.7. The van der Waals surface area contributed by atoms with Crippen molar-refractivity contribution in [2.45, 2.75) is 6.42 Å². The minimum absolute atomic E-state index is 0.183. The Labute approximate surface area is 225 Å². The van der Waals surface area contributed by atoms with E-state index >= 15 is 0 Å². The molecule has 8 nitrogen and oxygen atoms in total. The number of amides is 4. The molecule has 0 aliphatic carbocycles. The van der Waals surface area contributed by atoms with Gasteiger partial charge in [-0.3, -0.25) is 14.9 Å². The largest absolute Gasteiger partial charge is 0.496 e. The van der Waals surface area contributed by atoms with E-state index in [4.69, 9.17) is 16.3 Å². The van der Waals surface area contributed by atoms with Crippen LogP contribution in [0.15, 0.2) is 70.7 Å². The number of nitrogens with one attached hydrogen (secondary N) is 1. The van der Waals surface area contributed by atoms with Crippen molar-refractivity contribution in [3.63, 3.8) is 0 Å². The maximum Gasteiger partial charge on any atom is 0.337 e. The fraction of sp³-hybridized carbons (Fsp3) is 0.111. The van der Waals surface area contributed by atoms with E-state index in [1.165, 1.54) is 44.6 Å². The van der Waals surface area contributed by atoms with Crippen LogP contribution in [0.1, 0.15) is 27.0 Å². The minimum atomic E-state index is -0.896. The van der Waals surface area contributed by atoms with Crippen LogP contribution >= 0.6 is 27.5 Å². The molecule has 4 rings (SSSR count). The molecule has 1 saturated heterocycles. The molecule has 1 heterocycles. The van der Waals surface area contributed by atoms with Gasteiger partial charge in [0.15, 0.2) is 0 Å². The van der Waals surface area contributed by atoms with Gasteiger partial charge in [-0.1, -0.05) is 45.7 Å². The predicted octanol–water partition coefficient (Wildman–Crippen LogP) is 5.15. The first-order valence-electron chi connectivity index (χ1n) is 10.9. The number of rotatable bonds is 6. The molecule has 1 N–H and O–H groups in total. The molecule has 3 aromatic rings. The van der Waals surface area contributed by atoms with Crippen molar-refractivity contribution in [2.75, 3.05) is 19.1 Å². The zero-order valence-electron chi connectivity index (χ0n) is 19.7. The van der Waals surface area contributed by atoms with E-state index in [0.717, 1.165) is 16.0 Å². The second-order valence-corrected chi connectivity index (χ2v) is 9.21. The van der Waals surface area contributed by atoms with Gasteiger partial charge in [0.2, 0.25) is 0 Å². The van der Waals surface area contributed by atoms with Crippen molar-refractivity contribution in [1.82, 2.24) is 5.32 Å². The van der Waals surface area contributed by atoms with Gasteiger partial charge < -0.3 is 9.47 Å². The van der Waals surface area contributed by atoms with Crippen molar-refractivity contribution in [3.8, 4) is 5.75 Å². The average Bonchev–Trinajstić information content (AvgIpc) is 2.88. The van der Waals surface area contributed by atoms with Crippen LogP contribution in [-0.2, 0) is 20.7 Å². The summed E-state index contributed by atoms with van der Waals surface area (Å²) in [5.41, 5.74) is 2.42. The van der Waals surface area contributed by atoms with Crippen LogP contribution in [0.4, 0.5) is 10.5 Å². The van der Waals surface area contributed by atoms with Gasteiger partial charge in [0.25, 0.3) is 11.8 Å². The van der Waals surface area contributed by atoms with Gasteiger partial charge in [-0.05, 0) is 59.7 Å². The summed E-state index contributed by atoms with van der Waals surface area (Å²) >= 11 is 9.88. The van der Waals surface area contributed by atoms with Crippen molar-refractivity contribution < 1.29 is 28.7 Å². The Bertz CT molecular complexity index is 1450. The third kappa shape index (κ3) is 5.42. The fourth-order valence-corrected chi connectivity index (χ4v) is 4.63. The maximum atomic E-state index is 13.2. The molecule has 0 atom stereocenters. The van der Waals surface area contributed by atoms with Crippen LogP contribution in [0.2, 0.25) is 5.02 Å². The van der Waals surface area contributed by atoms with Crippen LogP contribution < -0.4 is 15.0 Å². The third-order valence-corrected chi connectivity index (χ3v) is 6.76. The highest BCUT2D eigenvalue weighted by atomic mass is 79.9. The molecule has 37 heavy (non-hydrogen) atoms. The van der Waals surface area contributed by atoms with Crippen LogP contribution in [0.3, 0.4) is 0 Å². The molecule has 0 aromatic heterocycles. The number of nitrogens with zero attached hydrogens (tertiary/aromatic N) is 1. The molecule has 0 unspecified atom stereocenters. The third-order valence-electron chi connectivity index (χ3n) is 5.68. The number of anilines is 1. The van der Waals surface area contributed by atoms with Crippen LogP contribution in [0.25, 0.3) is 6.08 Å². The molecule has 0 saturated carbocycles. The highest BCUT2D eigenvalue weighted by Gasteiger charge is 2.37. The second kappa shape index (κ2) is 11.0. The van der Waals surface area contributed by atoms with E-state index in [-0.39, 0.29) is 16.8 Å². The number of hydrogen-bond acceptors (Lipinski definition) is 6. The fourth-order valence-electron chi connectivity index (χ4n) is 3.82. The van der Waals surface area contributed by atoms with Crippen molar-refractivity contribution in [1.29, 1.82) is 0 Å². The number of carbonyl (C=O) groups is 4. The summed E-state index contributed by atoms with van der Waals surface area (Å²) in [6.45, 7) is 0. The van der Waals surface area contributed by atoms with E-state index in [1.54, 1.807) is 18.2 Å². The van der Waals surface area contributed by atoms with E-state index in [9.17, 15) is 19.2 Å². The van der Waals surface area contributed by atoms with E-state index in [1.807, 2.05) is 18.2 Å². The SMILES string of the molecule is COC(=O)c1ccc(N2C(=O)NC(=O)/C(=C\c3cc(Br)c(Cc4ccccc4Cl)c(OC)c3)C2=O)cc1. The van der Waals surface area contributed by atoms with Gasteiger partial charge >= 0.3 is 12.0 Å². The highest BCUT2D eigenvalue weighted by Crippen LogP contribution is 2.34. The highest BCUT2D eigenvalue weighted by molar-refractivity contribution is 9.10. The summed E-state index contributed by atoms with van der Waals surface area (Å²) < 4.78 is 10.9. The molecule has 1 aliphatic heterocycles. The number of ether oxygens (including phenoxy) is 2. The van der Waals surface area contributed by atoms with Crippen LogP contribution in [0, 0.1) is 0 Å². The predicted molar refractivity (Wildman–Crippen MR) is 142 cm³/mol. The summed E-state index contributed by atoms with van der Waals surface area (Å²) in [5.74, 6) is -1.67. The number of methoxy groups -OCH3 is 2. The lowest BCUT2D eigenvalue weighted by atomic mass is 10.0. The van der Waals surface area contributed by atoms with E-state index in [0.29, 0.717) is 27.2 Å². The Morgan fingerprint density at radius 1 is 1.05 bits per heavy atom. The smallest absolute Gasteiger partial charge is 0.337 e. The Hall–Kier alpha value is -3.95. The number of imide groups is 2. The number of halogens is 2. The number of carbonyl (C=O) groups excluding carboxylic acids is 4. The molecular weight excluding hydrogens is 564 g/mol. The molecule has 188 valence electrons. The molecule has 0 radical (unpaired) electrons. The van der Waals surface area contributed by atoms with Gasteiger partial charge in [0.1, 0.15) is 11.3 Å². The molecular formula is C27H20BrClN2O6. The Morgan fingerprint density at radius 2 is 1.76 bits per heavy atom. The first-order valence-corrected chi connectivity index (χ1v) is 12.1. The molecule has 0 bridgehead atoms. The number of hydrogen-bond donors (Lipinski definition) is 1. The minimum Gasteiger partial charge on any atom is -0.496 e. The van der Waals surface area contributed by atoms with Gasteiger partial charge in [0.05, 0.1) is 25.5 Å². The number of urea groups is 1. The molecule has 3 aromatic carbocycles. The quantitative estimate of drug-likeness (QED) is 0.245. The summed E-state index contributed by atoms with van der Waals surface area (Å²) in [7, 11) is 2.77. The number of benzene rings is 3. The molecule has 10 heteroatoms. The molecule has 4 amide bonds. The second-order valence-electron chi connectivity index (χ2n) is 7.95. The lowest BCUT2D eigenvalue weighted by Crippen LogP contribution is -2.54. The monoisotopic (exact) mass is 582 g/mol. The van der Waals surface area contributed by atoms with Gasteiger partial charge in [-0.25, -0.2) is 14.5 Å². The summed E-state index contributed by atoms with van der Waals surface area (Å²) in [6, 6.07) is 15.7. The number of esters is 1. The summed E-state index contributed by atoms with van der Waals surface area (Å²) in [5, 5.41) is 2.80. The van der Waals surface area contributed by atoms with Crippen molar-refractivity contribution in [3.05, 3.63) is 98.0 Å². The number of barbiturate groups is 1. The zero-order chi connectivity index (χ0) is 26.7. The Kier molecular flexibility index (Phi) is 7.75. The maximum absolute atomic E-state index is 13.2. The molecule has 1 aliphatic rings. The van der Waals surface area contributed by atoms with E-state index < -0.39 is 23.8 Å². The lowest BCUT2D eigenvalue weighted by Gasteiger charge is -2.26. The normalized spacial score (nSPS) is 14.5. The van der Waals surface area contributed by atoms with Gasteiger partial charge in [-0.2, -0.15) is 0 Å². The van der Waals surface area contributed by atoms with E-state index in [2.05, 4.69) is 26.0 Å². The first kappa shape index (κ1) is 26.1. The Morgan fingerprint density at radius 3 is 2.41 bits per heavy atom. The van der Waals surface area contributed by atoms with Gasteiger partial charge in [-0.15, -0.1) is 0 Å². The Balaban J connectivity index is 1.68. The topological polar surface area (TPSA) is 102 Å². The average molecular weight is 584 g/mol. The van der Waals surface area contributed by atoms with Gasteiger partial charge in [0, 0.05) is 21.5 Å². The molecule has 1 fully saturated rings.